The molecule has 4 N–H and O–H groups in total. The number of esters is 6. The van der Waals surface area contributed by atoms with Crippen molar-refractivity contribution in [3.05, 3.63) is 12.3 Å². The quantitative estimate of drug-likeness (QED) is 0.0614. The molecule has 0 aromatic rings. The lowest BCUT2D eigenvalue weighted by atomic mass is 9.78. The zero-order valence-corrected chi connectivity index (χ0v) is 64.0. The van der Waals surface area contributed by atoms with Crippen LogP contribution in [0.3, 0.4) is 0 Å². The summed E-state index contributed by atoms with van der Waals surface area (Å²) in [4.78, 5) is 90.8. The van der Waals surface area contributed by atoms with E-state index in [1.54, 1.807) is 6.92 Å². The molecule has 7 saturated carbocycles. The topological polar surface area (TPSA) is 282 Å². The van der Waals surface area contributed by atoms with E-state index in [0.717, 1.165) is 153 Å². The lowest BCUT2D eigenvalue weighted by Gasteiger charge is -2.39. The molecule has 8 aliphatic rings. The largest absolute Gasteiger partial charge is 1.00 e. The Morgan fingerprint density at radius 1 is 0.430 bits per heavy atom. The number of Topliss-reactive ketones (excluding diaryl/α,β-unsaturated/α-hetero) is 2. The Balaban J connectivity index is -0.00000113. The number of ether oxygens (including phenoxy) is 7. The molecule has 0 bridgehead atoms. The van der Waals surface area contributed by atoms with Crippen LogP contribution in [0, 0.1) is 82.9 Å². The van der Waals surface area contributed by atoms with Gasteiger partial charge in [-0.1, -0.05) is 133 Å². The molecule has 1 heterocycles. The molecular weight excluding hydrogens is 1280 g/mol. The van der Waals surface area contributed by atoms with Crippen molar-refractivity contribution in [2.75, 3.05) is 41.2 Å². The monoisotopic (exact) mass is 1430 g/mol. The van der Waals surface area contributed by atoms with Gasteiger partial charge in [0.2, 0.25) is 0 Å². The molecule has 1 saturated heterocycles. The van der Waals surface area contributed by atoms with Crippen LogP contribution in [0.1, 0.15) is 306 Å². The predicted octanol–water partition coefficient (Wildman–Crippen LogP) is 16.2. The summed E-state index contributed by atoms with van der Waals surface area (Å²) in [6, 6.07) is 0. The van der Waals surface area contributed by atoms with Gasteiger partial charge in [-0.05, 0) is 192 Å². The van der Waals surface area contributed by atoms with Gasteiger partial charge in [0.05, 0.1) is 107 Å². The summed E-state index contributed by atoms with van der Waals surface area (Å²) in [6.45, 7) is 24.1. The Labute approximate surface area is 609 Å². The molecule has 19 heteroatoms. The number of hydrogen-bond acceptors (Lipinski definition) is 19. The highest BCUT2D eigenvalue weighted by atomic mass is 16.5. The fraction of sp³-hybridized carbons (Fsp3) is 0.877. The average Bonchev–Trinajstić information content (AvgIpc) is 0.835. The third-order valence-electron chi connectivity index (χ3n) is 22.0. The maximum absolute atomic E-state index is 11.6. The number of carbonyl (C=O) groups excluding carboxylic acids is 8. The summed E-state index contributed by atoms with van der Waals surface area (Å²) in [5.74, 6) is 2.87. The van der Waals surface area contributed by atoms with E-state index in [1.807, 2.05) is 55.4 Å². The van der Waals surface area contributed by atoms with Crippen molar-refractivity contribution in [1.29, 1.82) is 0 Å². The summed E-state index contributed by atoms with van der Waals surface area (Å²) >= 11 is 0. The van der Waals surface area contributed by atoms with Crippen LogP contribution in [-0.2, 0) is 71.5 Å². The number of rotatable bonds is 21. The number of aliphatic hydroxyl groups excluding tert-OH is 4. The van der Waals surface area contributed by atoms with Gasteiger partial charge in [0, 0.05) is 32.0 Å². The summed E-state index contributed by atoms with van der Waals surface area (Å²) in [7, 11) is 4.22. The van der Waals surface area contributed by atoms with Crippen LogP contribution in [0.2, 0.25) is 0 Å². The van der Waals surface area contributed by atoms with Gasteiger partial charge in [0.25, 0.3) is 0 Å². The fourth-order valence-electron chi connectivity index (χ4n) is 15.7. The van der Waals surface area contributed by atoms with Crippen LogP contribution in [0.15, 0.2) is 12.3 Å². The Kier molecular flexibility index (Phi) is 49.9. The average molecular weight is 1430 g/mol. The predicted molar refractivity (Wildman–Crippen MR) is 395 cm³/mol. The van der Waals surface area contributed by atoms with Crippen molar-refractivity contribution in [1.82, 2.24) is 0 Å². The second kappa shape index (κ2) is 53.3. The first-order valence-electron chi connectivity index (χ1n) is 39.0. The van der Waals surface area contributed by atoms with Crippen molar-refractivity contribution in [2.45, 2.75) is 332 Å². The number of allylic oxidation sites excluding steroid dienone is 1. The van der Waals surface area contributed by atoms with E-state index in [-0.39, 0.29) is 143 Å². The molecule has 8 fully saturated rings. The number of hydrogen-bond donors (Lipinski definition) is 4. The third-order valence-corrected chi connectivity index (χ3v) is 22.0. The Morgan fingerprint density at radius 3 is 0.980 bits per heavy atom. The van der Waals surface area contributed by atoms with E-state index in [4.69, 9.17) is 18.9 Å². The normalized spacial score (nSPS) is 28.8. The Hall–Kier alpha value is -4.46. The van der Waals surface area contributed by atoms with Crippen LogP contribution in [0.5, 0.6) is 0 Å². The fourth-order valence-corrected chi connectivity index (χ4v) is 15.7. The third kappa shape index (κ3) is 36.8. The zero-order valence-electron chi connectivity index (χ0n) is 66.0. The Morgan fingerprint density at radius 2 is 0.690 bits per heavy atom. The van der Waals surface area contributed by atoms with Gasteiger partial charge in [-0.3, -0.25) is 38.4 Å². The maximum atomic E-state index is 11.6. The van der Waals surface area contributed by atoms with E-state index >= 15 is 0 Å². The van der Waals surface area contributed by atoms with Gasteiger partial charge in [-0.2, -0.15) is 0 Å². The van der Waals surface area contributed by atoms with Crippen LogP contribution in [0.25, 0.3) is 0 Å². The van der Waals surface area contributed by atoms with Crippen LogP contribution < -0.4 is 0 Å². The molecule has 0 amide bonds. The first kappa shape index (κ1) is 93.6. The highest BCUT2D eigenvalue weighted by Gasteiger charge is 2.35. The van der Waals surface area contributed by atoms with Gasteiger partial charge >= 0.3 is 38.7 Å². The highest BCUT2D eigenvalue weighted by Crippen LogP contribution is 2.40. The number of aliphatic hydroxyl groups is 4. The first-order chi connectivity index (χ1) is 47.2. The molecule has 100 heavy (non-hydrogen) atoms. The van der Waals surface area contributed by atoms with Gasteiger partial charge in [-0.25, -0.2) is 0 Å². The smallest absolute Gasteiger partial charge is 0.495 e. The van der Waals surface area contributed by atoms with Crippen LogP contribution >= 0.6 is 0 Å². The molecule has 0 aromatic carbocycles. The van der Waals surface area contributed by atoms with E-state index < -0.39 is 0 Å². The molecule has 584 valence electrons. The zero-order chi connectivity index (χ0) is 74.0. The lowest BCUT2D eigenvalue weighted by Crippen LogP contribution is -2.34. The minimum Gasteiger partial charge on any atom is -0.495 e. The van der Waals surface area contributed by atoms with Gasteiger partial charge in [0.1, 0.15) is 17.7 Å². The molecule has 19 unspecified atom stereocenters. The van der Waals surface area contributed by atoms with E-state index in [1.165, 1.54) is 79.1 Å². The highest BCUT2D eigenvalue weighted by molar-refractivity contribution is 5.83. The second-order valence-corrected chi connectivity index (χ2v) is 30.2. The van der Waals surface area contributed by atoms with Gasteiger partial charge in [0.15, 0.2) is 0 Å². The van der Waals surface area contributed by atoms with Gasteiger partial charge in [-0.15, -0.1) is 0 Å². The number of fused-ring (bicyclic) bond motifs is 1. The number of methoxy groups -OCH3 is 3. The molecule has 19 atom stereocenters. The molecule has 19 nitrogen and oxygen atoms in total. The first-order valence-corrected chi connectivity index (χ1v) is 39.0. The molecular formula is C81H148O19+2. The summed E-state index contributed by atoms with van der Waals surface area (Å²) in [5, 5.41) is 39.0. The lowest BCUT2D eigenvalue weighted by molar-refractivity contribution is -0.149. The van der Waals surface area contributed by atoms with Crippen molar-refractivity contribution in [3.63, 3.8) is 0 Å². The minimum absolute atomic E-state index is 0. The molecule has 1 aliphatic heterocycles. The summed E-state index contributed by atoms with van der Waals surface area (Å²) in [5.41, 5.74) is 0. The number of carbonyl (C=O) groups is 8. The summed E-state index contributed by atoms with van der Waals surface area (Å²) < 4.78 is 34.6. The van der Waals surface area contributed by atoms with E-state index in [0.29, 0.717) is 69.1 Å². The maximum Gasteiger partial charge on any atom is 1.00 e. The Bertz CT molecular complexity index is 2240. The second-order valence-electron chi connectivity index (χ2n) is 30.2. The summed E-state index contributed by atoms with van der Waals surface area (Å²) in [6.07, 6.45) is 35.2. The van der Waals surface area contributed by atoms with E-state index in [2.05, 4.69) is 27.7 Å². The molecule has 0 radical (unpaired) electrons. The van der Waals surface area contributed by atoms with E-state index in [9.17, 15) is 58.8 Å². The van der Waals surface area contributed by atoms with Gasteiger partial charge < -0.3 is 53.6 Å². The van der Waals surface area contributed by atoms with Crippen LogP contribution in [-0.4, -0.2) is 139 Å². The molecule has 0 aromatic heterocycles. The minimum atomic E-state index is -0.212. The molecule has 8 rings (SSSR count). The standard InChI is InChI=1S/2C12H22O3.C12H20O3.2C11H20O3.C11H18O3.C11H18O.CH4.H2/c3*1-3-15-12(14)9(2)8-10-6-4-5-7-11(10)13;3*1-8(11(13)14-2)7-9-5-3-4-6-10(9)12;1-8-7-10-5-3-4-6-11(10)12-9(8)2;;/h2*9-11,13H,3-8H2,1-2H3;9-10H,3-8H2,1-2H3;2*8-10,12H,3-7H2,1-2H3;8-9H,3-7H2,1-2H3;8,10-11H,2-7H2,1H3;1H4;1H/p+2/i/hD. The van der Waals surface area contributed by atoms with Crippen molar-refractivity contribution < 1.29 is 96.2 Å². The molecule has 7 aliphatic carbocycles. The number of ketones is 2. The van der Waals surface area contributed by atoms with Crippen molar-refractivity contribution in [3.8, 4) is 0 Å². The van der Waals surface area contributed by atoms with Crippen molar-refractivity contribution >= 4 is 47.4 Å². The molecule has 0 spiro atoms. The van der Waals surface area contributed by atoms with Crippen molar-refractivity contribution in [2.24, 2.45) is 82.9 Å². The SMILES string of the molecule is C.C=C1OC2CCCCC2CC1C.CCOC(=O)C(C)CC1CCCCC1=O.CCOC(=O)C(C)CC1CCCCC1O.CCOC(=O)C(C)CC1CCCCC1O.COC(=O)C(C)CC1CCCCC1=O.COC(=O)C(C)CC1CCCCC1O.COC(=O)C(C)CC1CCCCC1O.[2H+].[H+].[HH]. The van der Waals surface area contributed by atoms with Crippen LogP contribution in [0.4, 0.5) is 0 Å².